The molecule has 0 spiro atoms. The quantitative estimate of drug-likeness (QED) is 0.792. The van der Waals surface area contributed by atoms with E-state index in [2.05, 4.69) is 10.3 Å². The minimum Gasteiger partial charge on any atom is -0.445 e. The van der Waals surface area contributed by atoms with Gasteiger partial charge < -0.3 is 9.15 Å². The van der Waals surface area contributed by atoms with Crippen LogP contribution in [0.5, 0.6) is 0 Å². The van der Waals surface area contributed by atoms with E-state index >= 15 is 0 Å². The van der Waals surface area contributed by atoms with E-state index in [9.17, 15) is 13.2 Å². The fraction of sp³-hybridized carbons (Fsp3) is 0.474. The molecule has 2 bridgehead atoms. The van der Waals surface area contributed by atoms with Crippen molar-refractivity contribution in [2.45, 2.75) is 19.4 Å². The van der Waals surface area contributed by atoms with Gasteiger partial charge in [0.05, 0.1) is 12.5 Å². The van der Waals surface area contributed by atoms with E-state index < -0.39 is 16.1 Å². The molecule has 0 radical (unpaired) electrons. The fourth-order valence-corrected chi connectivity index (χ4v) is 5.07. The number of hydrogen-bond donors (Lipinski definition) is 1. The molecule has 2 aromatic rings. The molecule has 8 nitrogen and oxygen atoms in total. The Morgan fingerprint density at radius 3 is 2.61 bits per heavy atom. The first-order valence-corrected chi connectivity index (χ1v) is 11.1. The van der Waals surface area contributed by atoms with Crippen LogP contribution in [0.3, 0.4) is 0 Å². The molecule has 5 rings (SSSR count). The van der Waals surface area contributed by atoms with Gasteiger partial charge in [0.1, 0.15) is 0 Å². The lowest BCUT2D eigenvalue weighted by Crippen LogP contribution is -2.56. The number of hydrogen-bond acceptors (Lipinski definition) is 6. The van der Waals surface area contributed by atoms with Crippen LogP contribution in [0.1, 0.15) is 17.7 Å². The van der Waals surface area contributed by atoms with Crippen molar-refractivity contribution in [2.75, 3.05) is 24.7 Å². The standard InChI is InChI=1S/C19H23N3O5S/c1-28(24,25)22-9-14-7-15(10-22)18(14)6-13-2-4-16(5-3-13)21-19(23)26-11-17-8-20-12-27-17/h2-5,8,12,14-15,18H,6-7,9-11H2,1H3,(H,21,23). The second-order valence-electron chi connectivity index (χ2n) is 7.57. The number of rotatable bonds is 6. The number of fused-ring (bicyclic) bond motifs is 2. The Balaban J connectivity index is 1.27. The Morgan fingerprint density at radius 1 is 1.29 bits per heavy atom. The Hall–Kier alpha value is -2.39. The summed E-state index contributed by atoms with van der Waals surface area (Å²) in [6.45, 7) is 1.30. The minimum atomic E-state index is -3.09. The molecule has 1 saturated carbocycles. The van der Waals surface area contributed by atoms with Crippen molar-refractivity contribution < 1.29 is 22.4 Å². The van der Waals surface area contributed by atoms with Crippen LogP contribution in [0, 0.1) is 17.8 Å². The van der Waals surface area contributed by atoms with E-state index in [0.717, 1.165) is 12.8 Å². The van der Waals surface area contributed by atoms with Gasteiger partial charge in [-0.15, -0.1) is 0 Å². The highest BCUT2D eigenvalue weighted by Gasteiger charge is 2.48. The molecule has 1 aliphatic carbocycles. The van der Waals surface area contributed by atoms with Gasteiger partial charge in [0.2, 0.25) is 10.0 Å². The van der Waals surface area contributed by atoms with Crippen LogP contribution in [0.2, 0.25) is 0 Å². The lowest BCUT2D eigenvalue weighted by Gasteiger charge is -2.53. The molecule has 150 valence electrons. The molecule has 1 aromatic carbocycles. The van der Waals surface area contributed by atoms with E-state index in [1.54, 1.807) is 4.31 Å². The van der Waals surface area contributed by atoms with Crippen LogP contribution in [-0.2, 0) is 27.8 Å². The van der Waals surface area contributed by atoms with Crippen LogP contribution < -0.4 is 5.32 Å². The summed E-state index contributed by atoms with van der Waals surface area (Å²) in [5.74, 6) is 1.89. The number of nitrogens with zero attached hydrogens (tertiary/aromatic N) is 2. The monoisotopic (exact) mass is 405 g/mol. The van der Waals surface area contributed by atoms with Crippen LogP contribution in [0.25, 0.3) is 0 Å². The zero-order valence-electron chi connectivity index (χ0n) is 15.6. The van der Waals surface area contributed by atoms with Gasteiger partial charge >= 0.3 is 6.09 Å². The molecule has 28 heavy (non-hydrogen) atoms. The Labute approximate surface area is 163 Å². The van der Waals surface area contributed by atoms with Crippen LogP contribution in [0.15, 0.2) is 41.3 Å². The highest BCUT2D eigenvalue weighted by atomic mass is 32.2. The molecule has 1 amide bonds. The van der Waals surface area contributed by atoms with Crippen molar-refractivity contribution in [2.24, 2.45) is 17.8 Å². The zero-order chi connectivity index (χ0) is 19.7. The first-order chi connectivity index (χ1) is 13.4. The molecule has 3 heterocycles. The lowest BCUT2D eigenvalue weighted by molar-refractivity contribution is -0.00806. The summed E-state index contributed by atoms with van der Waals surface area (Å²) in [6.07, 6.45) is 5.56. The minimum absolute atomic E-state index is 0.0267. The molecular formula is C19H23N3O5S. The first kappa shape index (κ1) is 18.9. The predicted molar refractivity (Wildman–Crippen MR) is 102 cm³/mol. The number of amides is 1. The van der Waals surface area contributed by atoms with Crippen molar-refractivity contribution in [3.05, 3.63) is 48.2 Å². The lowest BCUT2D eigenvalue weighted by atomic mass is 9.60. The van der Waals surface area contributed by atoms with Gasteiger partial charge in [-0.2, -0.15) is 0 Å². The van der Waals surface area contributed by atoms with Crippen molar-refractivity contribution in [3.8, 4) is 0 Å². The summed E-state index contributed by atoms with van der Waals surface area (Å²) in [6, 6.07) is 7.69. The van der Waals surface area contributed by atoms with Crippen LogP contribution >= 0.6 is 0 Å². The van der Waals surface area contributed by atoms with E-state index in [1.807, 2.05) is 24.3 Å². The van der Waals surface area contributed by atoms with Gasteiger partial charge in [0, 0.05) is 18.8 Å². The molecule has 3 aliphatic rings. The molecule has 2 saturated heterocycles. The number of benzene rings is 1. The number of aromatic nitrogens is 1. The number of nitrogens with one attached hydrogen (secondary N) is 1. The summed E-state index contributed by atoms with van der Waals surface area (Å²) >= 11 is 0. The molecule has 2 unspecified atom stereocenters. The number of sulfonamides is 1. The molecule has 2 atom stereocenters. The van der Waals surface area contributed by atoms with Crippen molar-refractivity contribution in [3.63, 3.8) is 0 Å². The highest BCUT2D eigenvalue weighted by Crippen LogP contribution is 2.47. The third-order valence-corrected chi connectivity index (χ3v) is 6.90. The van der Waals surface area contributed by atoms with Crippen LogP contribution in [-0.4, -0.2) is 43.1 Å². The largest absolute Gasteiger partial charge is 0.445 e. The number of oxazole rings is 1. The molecule has 1 aromatic heterocycles. The average molecular weight is 405 g/mol. The molecular weight excluding hydrogens is 382 g/mol. The highest BCUT2D eigenvalue weighted by molar-refractivity contribution is 7.88. The summed E-state index contributed by atoms with van der Waals surface area (Å²) in [5, 5.41) is 2.68. The summed E-state index contributed by atoms with van der Waals surface area (Å²) in [5.41, 5.74) is 1.84. The van der Waals surface area contributed by atoms with Crippen molar-refractivity contribution in [1.82, 2.24) is 9.29 Å². The number of piperidine rings is 2. The maximum atomic E-state index is 11.8. The maximum Gasteiger partial charge on any atom is 0.412 e. The smallest absolute Gasteiger partial charge is 0.412 e. The number of carbonyl (C=O) groups is 1. The first-order valence-electron chi connectivity index (χ1n) is 9.23. The van der Waals surface area contributed by atoms with E-state index in [0.29, 0.717) is 42.3 Å². The number of carbonyl (C=O) groups excluding carboxylic acids is 1. The van der Waals surface area contributed by atoms with Gasteiger partial charge in [0.15, 0.2) is 18.8 Å². The number of anilines is 1. The fourth-order valence-electron chi connectivity index (χ4n) is 4.15. The zero-order valence-corrected chi connectivity index (χ0v) is 16.4. The van der Waals surface area contributed by atoms with E-state index in [4.69, 9.17) is 9.15 Å². The van der Waals surface area contributed by atoms with Gasteiger partial charge in [-0.1, -0.05) is 12.1 Å². The van der Waals surface area contributed by atoms with Crippen molar-refractivity contribution >= 4 is 21.8 Å². The Bertz CT molecular complexity index is 915. The van der Waals surface area contributed by atoms with Gasteiger partial charge in [-0.05, 0) is 48.3 Å². The second-order valence-corrected chi connectivity index (χ2v) is 9.55. The summed E-state index contributed by atoms with van der Waals surface area (Å²) in [4.78, 5) is 15.6. The predicted octanol–water partition coefficient (Wildman–Crippen LogP) is 2.49. The maximum absolute atomic E-state index is 11.8. The molecule has 2 aliphatic heterocycles. The molecule has 1 N–H and O–H groups in total. The average Bonchev–Trinajstić information content (AvgIpc) is 3.19. The van der Waals surface area contributed by atoms with E-state index in [-0.39, 0.29) is 6.61 Å². The third-order valence-electron chi connectivity index (χ3n) is 5.66. The molecule has 3 fully saturated rings. The Morgan fingerprint density at radius 2 is 2.00 bits per heavy atom. The van der Waals surface area contributed by atoms with E-state index in [1.165, 1.54) is 24.4 Å². The molecule has 9 heteroatoms. The van der Waals surface area contributed by atoms with Crippen LogP contribution in [0.4, 0.5) is 10.5 Å². The number of ether oxygens (including phenoxy) is 1. The Kier molecular flexibility index (Phi) is 5.11. The normalized spacial score (nSPS) is 24.4. The van der Waals surface area contributed by atoms with Gasteiger partial charge in [0.25, 0.3) is 0 Å². The van der Waals surface area contributed by atoms with Gasteiger partial charge in [-0.3, -0.25) is 5.32 Å². The SMILES string of the molecule is CS(=O)(=O)N1CC2CC(C1)C2Cc1ccc(NC(=O)OCc2cnco2)cc1. The third kappa shape index (κ3) is 4.20. The van der Waals surface area contributed by atoms with Gasteiger partial charge in [-0.25, -0.2) is 22.5 Å². The topological polar surface area (TPSA) is 102 Å². The second kappa shape index (κ2) is 7.56. The summed E-state index contributed by atoms with van der Waals surface area (Å²) in [7, 11) is -3.09. The summed E-state index contributed by atoms with van der Waals surface area (Å²) < 4.78 is 35.1. The van der Waals surface area contributed by atoms with Crippen molar-refractivity contribution in [1.29, 1.82) is 0 Å².